The van der Waals surface area contributed by atoms with Gasteiger partial charge in [0.1, 0.15) is 4.90 Å². The van der Waals surface area contributed by atoms with Gasteiger partial charge in [0.15, 0.2) is 0 Å². The highest BCUT2D eigenvalue weighted by molar-refractivity contribution is 7.89. The number of hydrogen-bond acceptors (Lipinski definition) is 4. The zero-order chi connectivity index (χ0) is 21.5. The van der Waals surface area contributed by atoms with E-state index in [9.17, 15) is 13.2 Å². The van der Waals surface area contributed by atoms with Gasteiger partial charge in [0.2, 0.25) is 15.9 Å². The number of nitrogens with one attached hydrogen (secondary N) is 1. The average molecular weight is 419 g/mol. The third-order valence-electron chi connectivity index (χ3n) is 5.72. The lowest BCUT2D eigenvalue weighted by atomic mass is 9.98. The number of aryl methyl sites for hydroxylation is 5. The molecule has 1 N–H and O–H groups in total. The molecule has 2 heterocycles. The lowest BCUT2D eigenvalue weighted by Gasteiger charge is -2.31. The van der Waals surface area contributed by atoms with E-state index in [1.165, 1.54) is 4.31 Å². The van der Waals surface area contributed by atoms with Crippen LogP contribution in [-0.4, -0.2) is 41.5 Å². The van der Waals surface area contributed by atoms with Gasteiger partial charge in [-0.2, -0.15) is 9.40 Å². The molecule has 158 valence electrons. The van der Waals surface area contributed by atoms with Crippen molar-refractivity contribution in [3.63, 3.8) is 0 Å². The third-order valence-corrected chi connectivity index (χ3v) is 7.84. The Bertz CT molecular complexity index is 1030. The maximum Gasteiger partial charge on any atom is 0.246 e. The summed E-state index contributed by atoms with van der Waals surface area (Å²) < 4.78 is 29.5. The molecule has 1 aliphatic heterocycles. The Labute approximate surface area is 173 Å². The van der Waals surface area contributed by atoms with Gasteiger partial charge in [0.25, 0.3) is 0 Å². The number of carbonyl (C=O) groups is 1. The average Bonchev–Trinajstić information content (AvgIpc) is 2.90. The van der Waals surface area contributed by atoms with Gasteiger partial charge in [-0.1, -0.05) is 17.7 Å². The molecule has 1 atom stereocenters. The molecule has 7 nitrogen and oxygen atoms in total. The third kappa shape index (κ3) is 4.09. The van der Waals surface area contributed by atoms with E-state index < -0.39 is 10.0 Å². The van der Waals surface area contributed by atoms with E-state index in [2.05, 4.69) is 10.4 Å². The molecule has 29 heavy (non-hydrogen) atoms. The minimum atomic E-state index is -3.69. The van der Waals surface area contributed by atoms with E-state index in [-0.39, 0.29) is 23.3 Å². The molecule has 1 amide bonds. The molecule has 1 aliphatic rings. The van der Waals surface area contributed by atoms with Crippen molar-refractivity contribution in [1.29, 1.82) is 0 Å². The Balaban J connectivity index is 1.81. The van der Waals surface area contributed by atoms with Crippen molar-refractivity contribution in [2.24, 2.45) is 13.0 Å². The van der Waals surface area contributed by atoms with Crippen LogP contribution in [0.2, 0.25) is 0 Å². The Morgan fingerprint density at radius 3 is 2.31 bits per heavy atom. The molecule has 0 bridgehead atoms. The predicted molar refractivity (Wildman–Crippen MR) is 113 cm³/mol. The smallest absolute Gasteiger partial charge is 0.246 e. The maximum absolute atomic E-state index is 13.3. The Kier molecular flexibility index (Phi) is 5.87. The number of aromatic nitrogens is 2. The van der Waals surface area contributed by atoms with Gasteiger partial charge in [0, 0.05) is 25.8 Å². The van der Waals surface area contributed by atoms with Crippen LogP contribution in [0.4, 0.5) is 5.69 Å². The van der Waals surface area contributed by atoms with Crippen LogP contribution in [0.1, 0.15) is 40.9 Å². The molecule has 8 heteroatoms. The minimum absolute atomic E-state index is 0.125. The van der Waals surface area contributed by atoms with Crippen LogP contribution >= 0.6 is 0 Å². The molecule has 2 aromatic rings. The summed E-state index contributed by atoms with van der Waals surface area (Å²) in [5.41, 5.74) is 5.09. The van der Waals surface area contributed by atoms with E-state index in [0.29, 0.717) is 30.8 Å². The van der Waals surface area contributed by atoms with Crippen molar-refractivity contribution < 1.29 is 13.2 Å². The zero-order valence-electron chi connectivity index (χ0n) is 18.0. The van der Waals surface area contributed by atoms with E-state index >= 15 is 0 Å². The van der Waals surface area contributed by atoms with Crippen LogP contribution in [0.25, 0.3) is 0 Å². The minimum Gasteiger partial charge on any atom is -0.325 e. The molecule has 0 radical (unpaired) electrons. The van der Waals surface area contributed by atoms with Crippen molar-refractivity contribution in [1.82, 2.24) is 14.1 Å². The first-order chi connectivity index (χ1) is 13.5. The topological polar surface area (TPSA) is 84.3 Å². The first-order valence-corrected chi connectivity index (χ1v) is 11.4. The standard InChI is InChI=1S/C21H30N4O3S/c1-13-10-14(2)19(15(3)11-13)22-21(26)18-8-7-9-25(12-18)29(27,28)20-16(4)23-24(6)17(20)5/h10-11,18H,7-9,12H2,1-6H3,(H,22,26). The fourth-order valence-electron chi connectivity index (χ4n) is 4.23. The molecule has 1 saturated heterocycles. The van der Waals surface area contributed by atoms with Crippen LogP contribution in [0.3, 0.4) is 0 Å². The molecular formula is C21H30N4O3S. The number of amides is 1. The number of carbonyl (C=O) groups excluding carboxylic acids is 1. The summed E-state index contributed by atoms with van der Waals surface area (Å²) in [5.74, 6) is -0.504. The molecule has 0 saturated carbocycles. The summed E-state index contributed by atoms with van der Waals surface area (Å²) in [7, 11) is -1.96. The Hall–Kier alpha value is -2.19. The van der Waals surface area contributed by atoms with Crippen LogP contribution in [0.15, 0.2) is 17.0 Å². The van der Waals surface area contributed by atoms with Crippen molar-refractivity contribution in [2.45, 2.75) is 52.4 Å². The molecule has 1 aromatic carbocycles. The lowest BCUT2D eigenvalue weighted by molar-refractivity contribution is -0.120. The van der Waals surface area contributed by atoms with Crippen LogP contribution in [-0.2, 0) is 21.9 Å². The summed E-state index contributed by atoms with van der Waals surface area (Å²) in [6, 6.07) is 4.07. The fourth-order valence-corrected chi connectivity index (χ4v) is 6.16. The number of rotatable bonds is 4. The summed E-state index contributed by atoms with van der Waals surface area (Å²) in [6.07, 6.45) is 1.33. The lowest BCUT2D eigenvalue weighted by Crippen LogP contribution is -2.44. The number of anilines is 1. The van der Waals surface area contributed by atoms with Gasteiger partial charge < -0.3 is 5.32 Å². The van der Waals surface area contributed by atoms with Crippen molar-refractivity contribution in [3.05, 3.63) is 40.2 Å². The first-order valence-electron chi connectivity index (χ1n) is 9.91. The monoisotopic (exact) mass is 418 g/mol. The molecule has 1 fully saturated rings. The normalized spacial score (nSPS) is 18.1. The van der Waals surface area contributed by atoms with Crippen LogP contribution in [0.5, 0.6) is 0 Å². The van der Waals surface area contributed by atoms with Gasteiger partial charge in [-0.15, -0.1) is 0 Å². The van der Waals surface area contributed by atoms with E-state index in [4.69, 9.17) is 0 Å². The van der Waals surface area contributed by atoms with Crippen molar-refractivity contribution in [2.75, 3.05) is 18.4 Å². The number of sulfonamides is 1. The number of nitrogens with zero attached hydrogens (tertiary/aromatic N) is 3. The largest absolute Gasteiger partial charge is 0.325 e. The van der Waals surface area contributed by atoms with Crippen molar-refractivity contribution in [3.8, 4) is 0 Å². The summed E-state index contributed by atoms with van der Waals surface area (Å²) in [6.45, 7) is 10.0. The number of benzene rings is 1. The predicted octanol–water partition coefficient (Wildman–Crippen LogP) is 3.00. The summed E-state index contributed by atoms with van der Waals surface area (Å²) in [5, 5.41) is 7.28. The molecular weight excluding hydrogens is 388 g/mol. The molecule has 3 rings (SSSR count). The highest BCUT2D eigenvalue weighted by Crippen LogP contribution is 2.29. The Morgan fingerprint density at radius 1 is 1.14 bits per heavy atom. The number of hydrogen-bond donors (Lipinski definition) is 1. The van der Waals surface area contributed by atoms with E-state index in [1.54, 1.807) is 25.6 Å². The maximum atomic E-state index is 13.3. The fraction of sp³-hybridized carbons (Fsp3) is 0.524. The molecule has 1 aromatic heterocycles. The van der Waals surface area contributed by atoms with Gasteiger partial charge >= 0.3 is 0 Å². The SMILES string of the molecule is Cc1cc(C)c(NC(=O)C2CCCN(S(=O)(=O)c3c(C)nn(C)c3C)C2)c(C)c1. The zero-order valence-corrected chi connectivity index (χ0v) is 18.9. The summed E-state index contributed by atoms with van der Waals surface area (Å²) in [4.78, 5) is 13.2. The Morgan fingerprint density at radius 2 is 1.76 bits per heavy atom. The van der Waals surface area contributed by atoms with Crippen LogP contribution < -0.4 is 5.32 Å². The molecule has 0 aliphatic carbocycles. The quantitative estimate of drug-likeness (QED) is 0.827. The van der Waals surface area contributed by atoms with Gasteiger partial charge in [-0.3, -0.25) is 9.48 Å². The second-order valence-corrected chi connectivity index (χ2v) is 9.96. The second kappa shape index (κ2) is 7.91. The molecule has 1 unspecified atom stereocenters. The van der Waals surface area contributed by atoms with Gasteiger partial charge in [-0.05, 0) is 58.6 Å². The van der Waals surface area contributed by atoms with Gasteiger partial charge in [0.05, 0.1) is 17.3 Å². The van der Waals surface area contributed by atoms with E-state index in [0.717, 1.165) is 22.4 Å². The first kappa shape index (κ1) is 21.5. The van der Waals surface area contributed by atoms with E-state index in [1.807, 2.05) is 32.9 Å². The highest BCUT2D eigenvalue weighted by atomic mass is 32.2. The van der Waals surface area contributed by atoms with Gasteiger partial charge in [-0.25, -0.2) is 8.42 Å². The van der Waals surface area contributed by atoms with Crippen LogP contribution in [0, 0.1) is 40.5 Å². The molecule has 0 spiro atoms. The second-order valence-electron chi connectivity index (χ2n) is 8.09. The number of piperidine rings is 1. The van der Waals surface area contributed by atoms with Crippen molar-refractivity contribution >= 4 is 21.6 Å². The highest BCUT2D eigenvalue weighted by Gasteiger charge is 2.36. The summed E-state index contributed by atoms with van der Waals surface area (Å²) >= 11 is 0.